The summed E-state index contributed by atoms with van der Waals surface area (Å²) in [4.78, 5) is 25.0. The summed E-state index contributed by atoms with van der Waals surface area (Å²) in [5.41, 5.74) is 0. The van der Waals surface area contributed by atoms with Crippen LogP contribution in [0.15, 0.2) is 24.3 Å². The molecule has 1 N–H and O–H groups in total. The number of nitrogens with zero attached hydrogens (tertiary/aromatic N) is 1. The van der Waals surface area contributed by atoms with E-state index in [-0.39, 0.29) is 18.1 Å². The molecule has 23 heavy (non-hydrogen) atoms. The maximum absolute atomic E-state index is 12.8. The fourth-order valence-corrected chi connectivity index (χ4v) is 2.76. The number of ether oxygens (including phenoxy) is 1. The van der Waals surface area contributed by atoms with Crippen LogP contribution < -0.4 is 4.74 Å². The molecule has 126 valence electrons. The maximum atomic E-state index is 12.8. The lowest BCUT2D eigenvalue weighted by molar-refractivity contribution is -0.153. The van der Waals surface area contributed by atoms with Gasteiger partial charge in [-0.25, -0.2) is 9.18 Å². The van der Waals surface area contributed by atoms with Gasteiger partial charge in [-0.05, 0) is 49.4 Å². The SMILES string of the molecule is CC1CCN(C(=O)CCCOc2ccc(F)cc2)C(C(=O)O)C1. The van der Waals surface area contributed by atoms with Crippen LogP contribution >= 0.6 is 0 Å². The number of carboxylic acid groups (broad SMARTS) is 1. The molecule has 0 aromatic heterocycles. The third kappa shape index (κ3) is 4.94. The summed E-state index contributed by atoms with van der Waals surface area (Å²) in [6.45, 7) is 2.84. The van der Waals surface area contributed by atoms with Crippen LogP contribution in [0.25, 0.3) is 0 Å². The van der Waals surface area contributed by atoms with Gasteiger partial charge in [-0.1, -0.05) is 6.92 Å². The molecule has 0 bridgehead atoms. The molecular weight excluding hydrogens is 301 g/mol. The van der Waals surface area contributed by atoms with Gasteiger partial charge >= 0.3 is 5.97 Å². The van der Waals surface area contributed by atoms with E-state index in [2.05, 4.69) is 0 Å². The van der Waals surface area contributed by atoms with Gasteiger partial charge in [-0.3, -0.25) is 4.79 Å². The second-order valence-corrected chi connectivity index (χ2v) is 5.98. The zero-order valence-corrected chi connectivity index (χ0v) is 13.2. The fourth-order valence-electron chi connectivity index (χ4n) is 2.76. The highest BCUT2D eigenvalue weighted by molar-refractivity contribution is 5.83. The van der Waals surface area contributed by atoms with E-state index in [4.69, 9.17) is 4.74 Å². The predicted octanol–water partition coefficient (Wildman–Crippen LogP) is 2.70. The Kier molecular flexibility index (Phi) is 5.96. The molecule has 0 spiro atoms. The van der Waals surface area contributed by atoms with Gasteiger partial charge in [0.2, 0.25) is 5.91 Å². The number of hydrogen-bond acceptors (Lipinski definition) is 3. The van der Waals surface area contributed by atoms with Crippen molar-refractivity contribution < 1.29 is 23.8 Å². The van der Waals surface area contributed by atoms with Crippen molar-refractivity contribution >= 4 is 11.9 Å². The molecule has 2 rings (SSSR count). The number of likely N-dealkylation sites (tertiary alicyclic amines) is 1. The highest BCUT2D eigenvalue weighted by Crippen LogP contribution is 2.23. The summed E-state index contributed by atoms with van der Waals surface area (Å²) >= 11 is 0. The average Bonchev–Trinajstić information content (AvgIpc) is 2.53. The van der Waals surface area contributed by atoms with E-state index in [1.807, 2.05) is 6.92 Å². The monoisotopic (exact) mass is 323 g/mol. The summed E-state index contributed by atoms with van der Waals surface area (Å²) in [5, 5.41) is 9.27. The quantitative estimate of drug-likeness (QED) is 0.817. The van der Waals surface area contributed by atoms with Crippen molar-refractivity contribution in [3.8, 4) is 5.75 Å². The van der Waals surface area contributed by atoms with E-state index in [1.54, 1.807) is 0 Å². The first kappa shape index (κ1) is 17.2. The molecule has 1 saturated heterocycles. The number of piperidine rings is 1. The molecule has 1 heterocycles. The Hall–Kier alpha value is -2.11. The number of halogens is 1. The molecule has 6 heteroatoms. The lowest BCUT2D eigenvalue weighted by atomic mass is 9.92. The van der Waals surface area contributed by atoms with Crippen LogP contribution in [0.4, 0.5) is 4.39 Å². The minimum atomic E-state index is -0.938. The summed E-state index contributed by atoms with van der Waals surface area (Å²) < 4.78 is 18.2. The maximum Gasteiger partial charge on any atom is 0.326 e. The van der Waals surface area contributed by atoms with Crippen LogP contribution in [0, 0.1) is 11.7 Å². The molecule has 0 saturated carbocycles. The molecule has 1 aromatic carbocycles. The third-order valence-corrected chi connectivity index (χ3v) is 4.09. The largest absolute Gasteiger partial charge is 0.494 e. The first-order valence-corrected chi connectivity index (χ1v) is 7.88. The van der Waals surface area contributed by atoms with Crippen molar-refractivity contribution in [3.63, 3.8) is 0 Å². The topological polar surface area (TPSA) is 66.8 Å². The highest BCUT2D eigenvalue weighted by Gasteiger charge is 2.34. The van der Waals surface area contributed by atoms with E-state index >= 15 is 0 Å². The molecule has 1 aliphatic rings. The van der Waals surface area contributed by atoms with Crippen molar-refractivity contribution in [2.45, 2.75) is 38.6 Å². The minimum Gasteiger partial charge on any atom is -0.494 e. The Morgan fingerprint density at radius 2 is 2.04 bits per heavy atom. The van der Waals surface area contributed by atoms with Crippen LogP contribution in [-0.2, 0) is 9.59 Å². The molecule has 0 radical (unpaired) electrons. The second-order valence-electron chi connectivity index (χ2n) is 5.98. The number of rotatable bonds is 6. The number of benzene rings is 1. The highest BCUT2D eigenvalue weighted by atomic mass is 19.1. The number of amides is 1. The summed E-state index contributed by atoms with van der Waals surface area (Å²) in [6.07, 6.45) is 2.09. The number of aliphatic carboxylic acids is 1. The standard InChI is InChI=1S/C17H22FNO4/c1-12-8-9-19(15(11-12)17(21)22)16(20)3-2-10-23-14-6-4-13(18)5-7-14/h4-7,12,15H,2-3,8-11H2,1H3,(H,21,22). The van der Waals surface area contributed by atoms with Crippen LogP contribution in [-0.4, -0.2) is 41.1 Å². The number of carboxylic acids is 1. The van der Waals surface area contributed by atoms with Crippen molar-refractivity contribution in [3.05, 3.63) is 30.1 Å². The smallest absolute Gasteiger partial charge is 0.326 e. The summed E-state index contributed by atoms with van der Waals surface area (Å²) in [7, 11) is 0. The van der Waals surface area contributed by atoms with E-state index in [0.29, 0.717) is 37.7 Å². The Morgan fingerprint density at radius 1 is 1.35 bits per heavy atom. The molecule has 1 fully saturated rings. The van der Waals surface area contributed by atoms with Gasteiger partial charge in [0.1, 0.15) is 17.6 Å². The van der Waals surface area contributed by atoms with E-state index in [1.165, 1.54) is 29.2 Å². The lowest BCUT2D eigenvalue weighted by Crippen LogP contribution is -2.49. The predicted molar refractivity (Wildman–Crippen MR) is 82.7 cm³/mol. The molecule has 0 aliphatic carbocycles. The summed E-state index contributed by atoms with van der Waals surface area (Å²) in [6, 6.07) is 4.97. The Morgan fingerprint density at radius 3 is 2.70 bits per heavy atom. The number of hydrogen-bond donors (Lipinski definition) is 1. The Labute approximate surface area is 135 Å². The van der Waals surface area contributed by atoms with Crippen molar-refractivity contribution in [1.82, 2.24) is 4.90 Å². The van der Waals surface area contributed by atoms with Crippen LogP contribution in [0.3, 0.4) is 0 Å². The average molecular weight is 323 g/mol. The van der Waals surface area contributed by atoms with Crippen molar-refractivity contribution in [1.29, 1.82) is 0 Å². The summed E-state index contributed by atoms with van der Waals surface area (Å²) in [5.74, 6) is -0.540. The second kappa shape index (κ2) is 7.94. The van der Waals surface area contributed by atoms with Gasteiger partial charge in [-0.15, -0.1) is 0 Å². The Balaban J connectivity index is 1.77. The van der Waals surface area contributed by atoms with Crippen molar-refractivity contribution in [2.24, 2.45) is 5.92 Å². The zero-order valence-electron chi connectivity index (χ0n) is 13.2. The molecule has 1 amide bonds. The number of carbonyl (C=O) groups is 2. The first-order chi connectivity index (χ1) is 11.0. The zero-order chi connectivity index (χ0) is 16.8. The van der Waals surface area contributed by atoms with Crippen LogP contribution in [0.5, 0.6) is 5.75 Å². The minimum absolute atomic E-state index is 0.146. The lowest BCUT2D eigenvalue weighted by Gasteiger charge is -2.36. The van der Waals surface area contributed by atoms with Gasteiger partial charge < -0.3 is 14.7 Å². The molecule has 1 aliphatic heterocycles. The fraction of sp³-hybridized carbons (Fsp3) is 0.529. The molecule has 5 nitrogen and oxygen atoms in total. The van der Waals surface area contributed by atoms with Crippen LogP contribution in [0.2, 0.25) is 0 Å². The van der Waals surface area contributed by atoms with Gasteiger partial charge in [0, 0.05) is 13.0 Å². The van der Waals surface area contributed by atoms with E-state index in [9.17, 15) is 19.1 Å². The molecular formula is C17H22FNO4. The van der Waals surface area contributed by atoms with Crippen molar-refractivity contribution in [2.75, 3.05) is 13.2 Å². The van der Waals surface area contributed by atoms with Gasteiger partial charge in [0.25, 0.3) is 0 Å². The number of carbonyl (C=O) groups excluding carboxylic acids is 1. The van der Waals surface area contributed by atoms with E-state index < -0.39 is 12.0 Å². The third-order valence-electron chi connectivity index (χ3n) is 4.09. The van der Waals surface area contributed by atoms with Crippen LogP contribution in [0.1, 0.15) is 32.6 Å². The molecule has 2 atom stereocenters. The first-order valence-electron chi connectivity index (χ1n) is 7.88. The molecule has 2 unspecified atom stereocenters. The van der Waals surface area contributed by atoms with Gasteiger partial charge in [-0.2, -0.15) is 0 Å². The van der Waals surface area contributed by atoms with Gasteiger partial charge in [0.15, 0.2) is 0 Å². The van der Waals surface area contributed by atoms with E-state index in [0.717, 1.165) is 6.42 Å². The molecule has 1 aromatic rings. The normalized spacial score (nSPS) is 21.0. The van der Waals surface area contributed by atoms with Gasteiger partial charge in [0.05, 0.1) is 6.61 Å². The Bertz CT molecular complexity index is 546.